The van der Waals surface area contributed by atoms with Gasteiger partial charge < -0.3 is 16.2 Å². The van der Waals surface area contributed by atoms with Crippen LogP contribution in [0.25, 0.3) is 11.3 Å². The van der Waals surface area contributed by atoms with Gasteiger partial charge in [0.2, 0.25) is 11.9 Å². The summed E-state index contributed by atoms with van der Waals surface area (Å²) < 4.78 is 0. The lowest BCUT2D eigenvalue weighted by Crippen LogP contribution is -2.03. The van der Waals surface area contributed by atoms with Crippen LogP contribution in [0.4, 0.5) is 17.7 Å². The second kappa shape index (κ2) is 5.41. The first-order valence-electron chi connectivity index (χ1n) is 6.19. The molecule has 0 bridgehead atoms. The van der Waals surface area contributed by atoms with Crippen molar-refractivity contribution >= 4 is 17.7 Å². The number of phenols is 1. The molecule has 21 heavy (non-hydrogen) atoms. The van der Waals surface area contributed by atoms with Gasteiger partial charge in [0.05, 0.1) is 5.69 Å². The van der Waals surface area contributed by atoms with Gasteiger partial charge in [-0.05, 0) is 18.2 Å². The van der Waals surface area contributed by atoms with Crippen molar-refractivity contribution in [2.45, 2.75) is 0 Å². The Kier molecular flexibility index (Phi) is 3.30. The lowest BCUT2D eigenvalue weighted by molar-refractivity contribution is 0.475. The lowest BCUT2D eigenvalue weighted by atomic mass is 10.1. The van der Waals surface area contributed by atoms with E-state index in [9.17, 15) is 5.11 Å². The van der Waals surface area contributed by atoms with Crippen LogP contribution in [0.3, 0.4) is 0 Å². The number of rotatable bonds is 3. The zero-order valence-electron chi connectivity index (χ0n) is 10.9. The third kappa shape index (κ3) is 3.03. The monoisotopic (exact) mass is 280 g/mol. The van der Waals surface area contributed by atoms with Gasteiger partial charge in [-0.1, -0.05) is 12.1 Å². The molecule has 0 unspecified atom stereocenters. The fraction of sp³-hybridized carbons (Fsp3) is 0. The number of aromatic hydroxyl groups is 1. The Bertz CT molecular complexity index is 762. The molecule has 0 spiro atoms. The summed E-state index contributed by atoms with van der Waals surface area (Å²) in [6.45, 7) is 0. The largest absolute Gasteiger partial charge is 0.508 e. The van der Waals surface area contributed by atoms with Crippen LogP contribution in [0.2, 0.25) is 0 Å². The summed E-state index contributed by atoms with van der Waals surface area (Å²) in [5.74, 6) is 1.17. The predicted molar refractivity (Wildman–Crippen MR) is 78.9 cm³/mol. The van der Waals surface area contributed by atoms with Crippen LogP contribution >= 0.6 is 0 Å². The Balaban J connectivity index is 1.97. The van der Waals surface area contributed by atoms with E-state index in [1.165, 1.54) is 0 Å². The van der Waals surface area contributed by atoms with Crippen LogP contribution < -0.4 is 11.1 Å². The van der Waals surface area contributed by atoms with Gasteiger partial charge in [0.1, 0.15) is 11.6 Å². The number of hydrogen-bond donors (Lipinski definition) is 3. The number of aromatic nitrogens is 4. The van der Waals surface area contributed by atoms with Gasteiger partial charge in [0.25, 0.3) is 0 Å². The van der Waals surface area contributed by atoms with Crippen molar-refractivity contribution in [3.8, 4) is 17.0 Å². The minimum absolute atomic E-state index is 0.120. The van der Waals surface area contributed by atoms with Crippen LogP contribution in [0.1, 0.15) is 0 Å². The SMILES string of the molecule is Nc1nc(Nc2ncccn2)cc(-c2cccc(O)c2)n1. The van der Waals surface area contributed by atoms with E-state index < -0.39 is 0 Å². The first-order valence-corrected chi connectivity index (χ1v) is 6.19. The molecule has 7 nitrogen and oxygen atoms in total. The van der Waals surface area contributed by atoms with E-state index in [1.54, 1.807) is 42.7 Å². The number of hydrogen-bond acceptors (Lipinski definition) is 7. The molecule has 3 rings (SSSR count). The third-order valence-corrected chi connectivity index (χ3v) is 2.69. The van der Waals surface area contributed by atoms with Gasteiger partial charge in [-0.15, -0.1) is 0 Å². The van der Waals surface area contributed by atoms with Crippen molar-refractivity contribution in [2.75, 3.05) is 11.1 Å². The highest BCUT2D eigenvalue weighted by Gasteiger charge is 2.06. The summed E-state index contributed by atoms with van der Waals surface area (Å²) in [4.78, 5) is 16.4. The van der Waals surface area contributed by atoms with E-state index in [0.29, 0.717) is 17.5 Å². The van der Waals surface area contributed by atoms with Gasteiger partial charge in [0, 0.05) is 24.0 Å². The van der Waals surface area contributed by atoms with Crippen LogP contribution in [0.15, 0.2) is 48.8 Å². The number of benzene rings is 1. The Hall–Kier alpha value is -3.22. The molecule has 4 N–H and O–H groups in total. The second-order valence-corrected chi connectivity index (χ2v) is 4.24. The molecule has 0 fully saturated rings. The molecular weight excluding hydrogens is 268 g/mol. The quantitative estimate of drug-likeness (QED) is 0.672. The van der Waals surface area contributed by atoms with E-state index >= 15 is 0 Å². The van der Waals surface area contributed by atoms with Crippen LogP contribution in [0, 0.1) is 0 Å². The van der Waals surface area contributed by atoms with Crippen molar-refractivity contribution in [3.63, 3.8) is 0 Å². The number of nitrogens with two attached hydrogens (primary N) is 1. The summed E-state index contributed by atoms with van der Waals surface area (Å²) in [7, 11) is 0. The van der Waals surface area contributed by atoms with Crippen molar-refractivity contribution in [3.05, 3.63) is 48.8 Å². The molecule has 7 heteroatoms. The molecule has 104 valence electrons. The summed E-state index contributed by atoms with van der Waals surface area (Å²) in [6.07, 6.45) is 3.24. The summed E-state index contributed by atoms with van der Waals surface area (Å²) in [5.41, 5.74) is 7.05. The van der Waals surface area contributed by atoms with Gasteiger partial charge in [0.15, 0.2) is 0 Å². The van der Waals surface area contributed by atoms with Crippen molar-refractivity contribution < 1.29 is 5.11 Å². The van der Waals surface area contributed by atoms with Gasteiger partial charge in [-0.3, -0.25) is 0 Å². The molecule has 0 atom stereocenters. The number of nitrogen functional groups attached to an aromatic ring is 1. The maximum Gasteiger partial charge on any atom is 0.228 e. The fourth-order valence-corrected chi connectivity index (χ4v) is 1.82. The van der Waals surface area contributed by atoms with Crippen molar-refractivity contribution in [1.29, 1.82) is 0 Å². The van der Waals surface area contributed by atoms with Crippen LogP contribution in [-0.2, 0) is 0 Å². The molecule has 0 aliphatic carbocycles. The molecule has 3 aromatic rings. The van der Waals surface area contributed by atoms with Crippen molar-refractivity contribution in [1.82, 2.24) is 19.9 Å². The zero-order valence-corrected chi connectivity index (χ0v) is 10.9. The molecule has 2 aromatic heterocycles. The first-order chi connectivity index (χ1) is 10.2. The molecule has 0 saturated carbocycles. The fourth-order valence-electron chi connectivity index (χ4n) is 1.82. The van der Waals surface area contributed by atoms with E-state index in [-0.39, 0.29) is 11.7 Å². The summed E-state index contributed by atoms with van der Waals surface area (Å²) in [5, 5.41) is 12.5. The molecule has 0 saturated heterocycles. The van der Waals surface area contributed by atoms with Crippen LogP contribution in [0.5, 0.6) is 5.75 Å². The molecule has 2 heterocycles. The Morgan fingerprint density at radius 1 is 1.00 bits per heavy atom. The van der Waals surface area contributed by atoms with Gasteiger partial charge >= 0.3 is 0 Å². The maximum atomic E-state index is 9.54. The summed E-state index contributed by atoms with van der Waals surface area (Å²) >= 11 is 0. The molecular formula is C14H12N6O. The highest BCUT2D eigenvalue weighted by molar-refractivity contribution is 5.66. The molecule has 0 radical (unpaired) electrons. The summed E-state index contributed by atoms with van der Waals surface area (Å²) in [6, 6.07) is 10.2. The molecule has 1 aromatic carbocycles. The van der Waals surface area contributed by atoms with Crippen LogP contribution in [-0.4, -0.2) is 25.0 Å². The highest BCUT2D eigenvalue weighted by atomic mass is 16.3. The third-order valence-electron chi connectivity index (χ3n) is 2.69. The zero-order chi connectivity index (χ0) is 14.7. The van der Waals surface area contributed by atoms with Crippen molar-refractivity contribution in [2.24, 2.45) is 0 Å². The Morgan fingerprint density at radius 3 is 2.57 bits per heavy atom. The standard InChI is InChI=1S/C14H12N6O/c15-13-18-11(9-3-1-4-10(21)7-9)8-12(19-13)20-14-16-5-2-6-17-14/h1-8,21H,(H3,15,16,17,18,19,20). The number of anilines is 3. The van der Waals surface area contributed by atoms with E-state index in [2.05, 4.69) is 25.3 Å². The van der Waals surface area contributed by atoms with E-state index in [0.717, 1.165) is 5.56 Å². The number of nitrogens with one attached hydrogen (secondary N) is 1. The number of nitrogens with zero attached hydrogens (tertiary/aromatic N) is 4. The first kappa shape index (κ1) is 12.8. The van der Waals surface area contributed by atoms with E-state index in [4.69, 9.17) is 5.73 Å². The normalized spacial score (nSPS) is 10.3. The average molecular weight is 280 g/mol. The second-order valence-electron chi connectivity index (χ2n) is 4.24. The lowest BCUT2D eigenvalue weighted by Gasteiger charge is -2.07. The Morgan fingerprint density at radius 2 is 1.81 bits per heavy atom. The maximum absolute atomic E-state index is 9.54. The number of phenolic OH excluding ortho intramolecular Hbond substituents is 1. The highest BCUT2D eigenvalue weighted by Crippen LogP contribution is 2.24. The topological polar surface area (TPSA) is 110 Å². The smallest absolute Gasteiger partial charge is 0.228 e. The van der Waals surface area contributed by atoms with E-state index in [1.807, 2.05) is 6.07 Å². The Labute approximate surface area is 120 Å². The predicted octanol–water partition coefficient (Wildman–Crippen LogP) is 1.96. The minimum Gasteiger partial charge on any atom is -0.508 e. The molecule has 0 aliphatic rings. The molecule has 0 amide bonds. The molecule has 0 aliphatic heterocycles. The van der Waals surface area contributed by atoms with Gasteiger partial charge in [-0.2, -0.15) is 4.98 Å². The minimum atomic E-state index is 0.120. The average Bonchev–Trinajstić information content (AvgIpc) is 2.48. The van der Waals surface area contributed by atoms with Gasteiger partial charge in [-0.25, -0.2) is 15.0 Å².